The van der Waals surface area contributed by atoms with Crippen LogP contribution in [-0.2, 0) is 55.0 Å². The van der Waals surface area contributed by atoms with Gasteiger partial charge in [0.05, 0.1) is 67.9 Å². The summed E-state index contributed by atoms with van der Waals surface area (Å²) in [6.45, 7) is 40.3. The van der Waals surface area contributed by atoms with Gasteiger partial charge < -0.3 is 57.7 Å². The Kier molecular flexibility index (Phi) is 33.4. The van der Waals surface area contributed by atoms with Gasteiger partial charge in [0.25, 0.3) is 17.1 Å². The summed E-state index contributed by atoms with van der Waals surface area (Å²) < 4.78 is 77.8. The highest BCUT2D eigenvalue weighted by atomic mass is 35.5. The molecule has 3 saturated heterocycles. The first-order chi connectivity index (χ1) is 66.1. The van der Waals surface area contributed by atoms with Crippen LogP contribution in [-0.4, -0.2) is 211 Å². The normalized spacial score (nSPS) is 17.4. The maximum absolute atomic E-state index is 17.1. The first-order valence-corrected chi connectivity index (χ1v) is 48.5. The zero-order valence-corrected chi connectivity index (χ0v) is 86.7. The van der Waals surface area contributed by atoms with Gasteiger partial charge in [-0.15, -0.1) is 0 Å². The second kappa shape index (κ2) is 44.1. The van der Waals surface area contributed by atoms with Gasteiger partial charge >= 0.3 is 18.3 Å². The van der Waals surface area contributed by atoms with Crippen molar-refractivity contribution in [1.29, 1.82) is 0 Å². The smallest absolute Gasteiger partial charge is 0.410 e. The number of ether oxygens (including phenoxy) is 3. The predicted molar refractivity (Wildman–Crippen MR) is 544 cm³/mol. The molecule has 15 rings (SSSR count). The number of carbonyl (C=O) groups excluding carboxylic acids is 6. The largest absolute Gasteiger partial charge is 0.444 e. The Balaban J connectivity index is 0.000000181. The van der Waals surface area contributed by atoms with E-state index in [1.807, 2.05) is 222 Å². The molecule has 752 valence electrons. The number of nitrogens with zero attached hydrogens (tertiary/aromatic N) is 17. The Morgan fingerprint density at radius 3 is 0.972 bits per heavy atom. The molecule has 0 radical (unpaired) electrons. The molecule has 6 aromatic carbocycles. The molecular weight excluding hydrogens is 1810 g/mol. The Morgan fingerprint density at radius 1 is 0.404 bits per heavy atom. The molecule has 0 bridgehead atoms. The Hall–Kier alpha value is -13.0. The van der Waals surface area contributed by atoms with E-state index < -0.39 is 92.1 Å². The molecule has 5 amide bonds. The molecule has 1 unspecified atom stereocenters. The summed E-state index contributed by atoms with van der Waals surface area (Å²) in [6.07, 6.45) is 6.59. The first kappa shape index (κ1) is 107. The van der Waals surface area contributed by atoms with Crippen LogP contribution < -0.4 is 5.32 Å². The molecular formula is C110H140ClF3N18O9. The molecule has 31 heteroatoms. The lowest BCUT2D eigenvalue weighted by Gasteiger charge is -2.42. The number of likely N-dealkylation sites (tertiary alicyclic amines) is 3. The van der Waals surface area contributed by atoms with Gasteiger partial charge in [0.15, 0.2) is 11.4 Å². The van der Waals surface area contributed by atoms with Crippen molar-refractivity contribution in [3.05, 3.63) is 288 Å². The van der Waals surface area contributed by atoms with E-state index in [1.54, 1.807) is 106 Å². The Bertz CT molecular complexity index is 5930. The fourth-order valence-electron chi connectivity index (χ4n) is 17.7. The minimum absolute atomic E-state index is 0.0134. The summed E-state index contributed by atoms with van der Waals surface area (Å²) in [4.78, 5) is 101. The minimum atomic E-state index is -1.88. The van der Waals surface area contributed by atoms with Crippen molar-refractivity contribution in [2.75, 3.05) is 58.9 Å². The second-order valence-corrected chi connectivity index (χ2v) is 44.0. The van der Waals surface area contributed by atoms with Crippen LogP contribution in [0.25, 0.3) is 33.8 Å². The van der Waals surface area contributed by atoms with Crippen LogP contribution in [0.3, 0.4) is 0 Å². The lowest BCUT2D eigenvalue weighted by molar-refractivity contribution is 0.0127. The van der Waals surface area contributed by atoms with E-state index in [2.05, 4.69) is 110 Å². The predicted octanol–water partition coefficient (Wildman–Crippen LogP) is 21.9. The van der Waals surface area contributed by atoms with Gasteiger partial charge in [0, 0.05) is 139 Å². The molecule has 3 fully saturated rings. The van der Waals surface area contributed by atoms with E-state index in [4.69, 9.17) is 40.8 Å². The molecule has 6 aromatic heterocycles. The lowest BCUT2D eigenvalue weighted by atomic mass is 9.83. The van der Waals surface area contributed by atoms with E-state index in [0.717, 1.165) is 62.1 Å². The quantitative estimate of drug-likeness (QED) is 0.0435. The molecule has 9 heterocycles. The van der Waals surface area contributed by atoms with E-state index >= 15 is 13.2 Å². The second-order valence-electron chi connectivity index (χ2n) is 43.6. The van der Waals surface area contributed by atoms with Crippen molar-refractivity contribution < 1.29 is 56.1 Å². The van der Waals surface area contributed by atoms with Crippen LogP contribution in [0.1, 0.15) is 239 Å². The third-order valence-electron chi connectivity index (χ3n) is 24.6. The minimum Gasteiger partial charge on any atom is -0.444 e. The number of nitrogens with one attached hydrogen (secondary N) is 1. The van der Waals surface area contributed by atoms with Gasteiger partial charge in [-0.2, -0.15) is 15.3 Å². The molecule has 1 N–H and O–H groups in total. The molecule has 0 saturated carbocycles. The number of amides is 5. The van der Waals surface area contributed by atoms with Gasteiger partial charge in [-0.25, -0.2) is 42.5 Å². The third-order valence-corrected chi connectivity index (χ3v) is 24.8. The van der Waals surface area contributed by atoms with Crippen molar-refractivity contribution >= 4 is 46.9 Å². The van der Waals surface area contributed by atoms with Crippen LogP contribution in [0.15, 0.2) is 225 Å². The zero-order chi connectivity index (χ0) is 103. The molecule has 6 atom stereocenters. The number of hydrogen-bond donors (Lipinski definition) is 1. The van der Waals surface area contributed by atoms with Crippen molar-refractivity contribution in [1.82, 2.24) is 87.8 Å². The number of imidazole rings is 3. The van der Waals surface area contributed by atoms with Gasteiger partial charge in [-0.05, 0) is 139 Å². The van der Waals surface area contributed by atoms with Gasteiger partial charge in [0.2, 0.25) is 0 Å². The summed E-state index contributed by atoms with van der Waals surface area (Å²) >= 11 is 5.10. The first-order valence-electron chi connectivity index (χ1n) is 48.1. The van der Waals surface area contributed by atoms with Gasteiger partial charge in [-0.3, -0.25) is 28.4 Å². The standard InChI is InChI=1S/2C37H47FN6O3.C31H41FN4O2.C5H5ClN2O/c2*1-26-21-29(40-41(26)8)33(45)44(25-37(38)19-20-42(24-37)34(46)47-36(5,6)7)31(35(2,3)4)32-39-30(28-17-13-10-14-18-28)23-43(32)22-27-15-11-9-12-16-27;1-29(2,3)26(33-21-31(32)17-18-35(22-31)28(37)38-30(4,5)6)27-34-25(24-15-11-8-12-16-24)20-36(27)19-23-13-9-7-10-14-23;1-8-3-2-4(7-8)5(6)9/h2*9-18,21,23,31H,19-20,22,24-25H2,1-8H3;7-16,20,26,33H,17-19,21-22H2,1-6H3;2-3H,1H3/t31-,37+;31-,37-;26-,31?;/m000./s1. The fourth-order valence-corrected chi connectivity index (χ4v) is 17.8. The number of hydrogen-bond acceptors (Lipinski definition) is 16. The van der Waals surface area contributed by atoms with E-state index in [9.17, 15) is 28.8 Å². The van der Waals surface area contributed by atoms with Crippen LogP contribution in [0.4, 0.5) is 27.6 Å². The SMILES string of the molecule is CC(C)(C)OC(=O)N1CCC(F)(CN[C@@H](c2nc(-c3ccccc3)cn2Cc2ccccc2)C(C)(C)C)C1.Cc1cc(C(=O)N(C[C@@]2(F)CCN(C(=O)OC(C)(C)C)C2)[C@@H](c2nc(-c3ccccc3)cn2Cc2ccccc2)C(C)(C)C)nn1C.Cc1cc(C(=O)N(C[C@]2(F)CCN(C(=O)OC(C)(C)C)C2)[C@@H](c2nc(-c3ccccc3)cn2Cc2ccccc2)C(C)(C)C)nn1C.Cn1ccc(C(=O)Cl)n1. The molecule has 0 aliphatic carbocycles. The number of alkyl halides is 3. The third kappa shape index (κ3) is 28.9. The zero-order valence-electron chi connectivity index (χ0n) is 86.0. The number of halogens is 4. The summed E-state index contributed by atoms with van der Waals surface area (Å²) in [5.74, 6) is 1.37. The van der Waals surface area contributed by atoms with Crippen molar-refractivity contribution in [3.8, 4) is 33.8 Å². The monoisotopic (exact) mass is 1950 g/mol. The topological polar surface area (TPSA) is 265 Å². The van der Waals surface area contributed by atoms with Crippen LogP contribution >= 0.6 is 11.6 Å². The highest BCUT2D eigenvalue weighted by Crippen LogP contribution is 2.46. The van der Waals surface area contributed by atoms with Gasteiger partial charge in [-0.1, -0.05) is 244 Å². The number of carbonyl (C=O) groups is 6. The summed E-state index contributed by atoms with van der Waals surface area (Å²) in [6, 6.07) is 63.9. The van der Waals surface area contributed by atoms with E-state index in [-0.39, 0.29) is 94.5 Å². The van der Waals surface area contributed by atoms with Crippen LogP contribution in [0, 0.1) is 30.1 Å². The number of aromatic nitrogens is 12. The average Bonchev–Trinajstić information content (AvgIpc) is 1.64. The molecule has 3 aliphatic rings. The fraction of sp³-hybridized carbons (Fsp3) is 0.455. The van der Waals surface area contributed by atoms with Crippen LogP contribution in [0.5, 0.6) is 0 Å². The lowest BCUT2D eigenvalue weighted by Crippen LogP contribution is -2.50. The number of aryl methyl sites for hydroxylation is 5. The Labute approximate surface area is 833 Å². The summed E-state index contributed by atoms with van der Waals surface area (Å²) in [5, 5.41) is 15.8. The molecule has 0 spiro atoms. The van der Waals surface area contributed by atoms with Gasteiger partial charge in [0.1, 0.15) is 57.0 Å². The van der Waals surface area contributed by atoms with Crippen molar-refractivity contribution in [3.63, 3.8) is 0 Å². The molecule has 3 aliphatic heterocycles. The van der Waals surface area contributed by atoms with Crippen molar-refractivity contribution in [2.24, 2.45) is 37.4 Å². The molecule has 141 heavy (non-hydrogen) atoms. The summed E-state index contributed by atoms with van der Waals surface area (Å²) in [5.41, 5.74) is 2.31. The average molecular weight is 1950 g/mol. The highest BCUT2D eigenvalue weighted by molar-refractivity contribution is 6.67. The Morgan fingerprint density at radius 2 is 0.702 bits per heavy atom. The van der Waals surface area contributed by atoms with E-state index in [0.29, 0.717) is 43.5 Å². The number of rotatable bonds is 24. The molecule has 12 aromatic rings. The van der Waals surface area contributed by atoms with Crippen LogP contribution in [0.2, 0.25) is 0 Å². The number of benzene rings is 6. The maximum Gasteiger partial charge on any atom is 0.410 e. The summed E-state index contributed by atoms with van der Waals surface area (Å²) in [7, 11) is 5.29. The van der Waals surface area contributed by atoms with E-state index in [1.165, 1.54) is 24.9 Å². The maximum atomic E-state index is 17.1. The highest BCUT2D eigenvalue weighted by Gasteiger charge is 2.52. The molecule has 27 nitrogen and oxygen atoms in total. The van der Waals surface area contributed by atoms with Crippen molar-refractivity contribution in [2.45, 2.75) is 229 Å².